The molecule has 0 saturated heterocycles. The van der Waals surface area contributed by atoms with E-state index in [2.05, 4.69) is 10.6 Å². The number of hydrogen-bond donors (Lipinski definition) is 2. The van der Waals surface area contributed by atoms with E-state index in [1.54, 1.807) is 38.3 Å². The third-order valence-corrected chi connectivity index (χ3v) is 4.94. The molecule has 29 heavy (non-hydrogen) atoms. The largest absolute Gasteiger partial charge is 0.445 e. The highest BCUT2D eigenvalue weighted by molar-refractivity contribution is 6.34. The van der Waals surface area contributed by atoms with E-state index < -0.39 is 17.5 Å². The summed E-state index contributed by atoms with van der Waals surface area (Å²) in [6.07, 6.45) is 0.258. The van der Waals surface area contributed by atoms with Crippen molar-refractivity contribution in [2.75, 3.05) is 25.6 Å². The molecular weight excluding hydrogens is 396 g/mol. The Bertz CT molecular complexity index is 962. The maximum atomic E-state index is 12.8. The van der Waals surface area contributed by atoms with Gasteiger partial charge in [-0.3, -0.25) is 9.59 Å². The molecule has 8 heteroatoms. The Hall–Kier alpha value is -2.90. The molecule has 0 bridgehead atoms. The summed E-state index contributed by atoms with van der Waals surface area (Å²) >= 11 is 6.20. The molecule has 152 valence electrons. The summed E-state index contributed by atoms with van der Waals surface area (Å²) in [4.78, 5) is 37.2. The summed E-state index contributed by atoms with van der Waals surface area (Å²) in [5, 5.41) is 5.58. The molecule has 2 amide bonds. The standard InChI is InChI=1S/C21H21ClN2O5/c1-21(12-13-5-3-4-6-15(13)19(26)29-21)20(27)24-14-7-8-16(17(22)11-14)18(25)23-9-10-28-2/h3-8,11H,9-10,12H2,1-2H3,(H,23,25)(H,24,27). The summed E-state index contributed by atoms with van der Waals surface area (Å²) < 4.78 is 10.3. The molecule has 1 heterocycles. The topological polar surface area (TPSA) is 93.7 Å². The van der Waals surface area contributed by atoms with E-state index in [0.29, 0.717) is 24.4 Å². The summed E-state index contributed by atoms with van der Waals surface area (Å²) in [7, 11) is 1.54. The molecule has 2 N–H and O–H groups in total. The van der Waals surface area contributed by atoms with Gasteiger partial charge in [-0.25, -0.2) is 4.79 Å². The number of hydrogen-bond acceptors (Lipinski definition) is 5. The fourth-order valence-electron chi connectivity index (χ4n) is 3.06. The van der Waals surface area contributed by atoms with Crippen LogP contribution in [0.4, 0.5) is 5.69 Å². The SMILES string of the molecule is COCCNC(=O)c1ccc(NC(=O)C2(C)Cc3ccccc3C(=O)O2)cc1Cl. The first-order valence-electron chi connectivity index (χ1n) is 9.03. The molecule has 7 nitrogen and oxygen atoms in total. The van der Waals surface area contributed by atoms with Gasteiger partial charge in [0, 0.05) is 25.8 Å². The Labute approximate surface area is 173 Å². The number of methoxy groups -OCH3 is 1. The van der Waals surface area contributed by atoms with E-state index in [4.69, 9.17) is 21.1 Å². The molecule has 1 aliphatic rings. The van der Waals surface area contributed by atoms with Gasteiger partial charge in [-0.2, -0.15) is 0 Å². The molecule has 2 aromatic rings. The highest BCUT2D eigenvalue weighted by Crippen LogP contribution is 2.30. The maximum absolute atomic E-state index is 12.8. The average molecular weight is 417 g/mol. The number of carbonyl (C=O) groups is 3. The van der Waals surface area contributed by atoms with Gasteiger partial charge in [-0.1, -0.05) is 29.8 Å². The van der Waals surface area contributed by atoms with Gasteiger partial charge in [0.25, 0.3) is 11.8 Å². The zero-order chi connectivity index (χ0) is 21.0. The molecule has 0 radical (unpaired) electrons. The Morgan fingerprint density at radius 3 is 2.72 bits per heavy atom. The van der Waals surface area contributed by atoms with E-state index >= 15 is 0 Å². The van der Waals surface area contributed by atoms with Crippen LogP contribution in [-0.4, -0.2) is 43.6 Å². The Balaban J connectivity index is 1.72. The quantitative estimate of drug-likeness (QED) is 0.558. The first-order chi connectivity index (χ1) is 13.8. The molecule has 0 aromatic heterocycles. The monoisotopic (exact) mass is 416 g/mol. The van der Waals surface area contributed by atoms with Crippen molar-refractivity contribution in [2.45, 2.75) is 18.9 Å². The lowest BCUT2D eigenvalue weighted by Crippen LogP contribution is -2.48. The van der Waals surface area contributed by atoms with E-state index in [-0.39, 0.29) is 22.9 Å². The van der Waals surface area contributed by atoms with Crippen molar-refractivity contribution in [2.24, 2.45) is 0 Å². The van der Waals surface area contributed by atoms with Crippen molar-refractivity contribution in [3.63, 3.8) is 0 Å². The normalized spacial score (nSPS) is 17.8. The minimum Gasteiger partial charge on any atom is -0.445 e. The fraction of sp³-hybridized carbons (Fsp3) is 0.286. The number of esters is 1. The first-order valence-corrected chi connectivity index (χ1v) is 9.41. The van der Waals surface area contributed by atoms with Crippen LogP contribution in [0.15, 0.2) is 42.5 Å². The van der Waals surface area contributed by atoms with E-state index in [1.807, 2.05) is 6.07 Å². The van der Waals surface area contributed by atoms with Crippen molar-refractivity contribution in [1.29, 1.82) is 0 Å². The minimum atomic E-state index is -1.35. The smallest absolute Gasteiger partial charge is 0.339 e. The predicted molar refractivity (Wildman–Crippen MR) is 108 cm³/mol. The number of amides is 2. The van der Waals surface area contributed by atoms with E-state index in [9.17, 15) is 14.4 Å². The lowest BCUT2D eigenvalue weighted by Gasteiger charge is -2.33. The highest BCUT2D eigenvalue weighted by Gasteiger charge is 2.42. The first kappa shape index (κ1) is 20.8. The van der Waals surface area contributed by atoms with Gasteiger partial charge in [0.1, 0.15) is 0 Å². The molecule has 3 rings (SSSR count). The second kappa shape index (κ2) is 8.63. The number of ether oxygens (including phenoxy) is 2. The number of carbonyl (C=O) groups excluding carboxylic acids is 3. The van der Waals surface area contributed by atoms with Gasteiger partial charge in [-0.15, -0.1) is 0 Å². The molecule has 1 aliphatic heterocycles. The van der Waals surface area contributed by atoms with Crippen LogP contribution in [0, 0.1) is 0 Å². The van der Waals surface area contributed by atoms with Crippen LogP contribution in [0.1, 0.15) is 33.2 Å². The second-order valence-electron chi connectivity index (χ2n) is 6.85. The van der Waals surface area contributed by atoms with E-state index in [1.165, 1.54) is 12.1 Å². The number of benzene rings is 2. The molecule has 2 aromatic carbocycles. The van der Waals surface area contributed by atoms with E-state index in [0.717, 1.165) is 5.56 Å². The summed E-state index contributed by atoms with van der Waals surface area (Å²) in [5.41, 5.74) is 0.537. The van der Waals surface area contributed by atoms with Crippen LogP contribution in [0.2, 0.25) is 5.02 Å². The average Bonchev–Trinajstić information content (AvgIpc) is 2.68. The molecule has 0 aliphatic carbocycles. The van der Waals surface area contributed by atoms with Crippen LogP contribution in [0.5, 0.6) is 0 Å². The van der Waals surface area contributed by atoms with Gasteiger partial charge in [-0.05, 0) is 36.8 Å². The van der Waals surface area contributed by atoms with Gasteiger partial charge >= 0.3 is 5.97 Å². The van der Waals surface area contributed by atoms with Crippen LogP contribution < -0.4 is 10.6 Å². The maximum Gasteiger partial charge on any atom is 0.339 e. The van der Waals surface area contributed by atoms with Gasteiger partial charge in [0.2, 0.25) is 0 Å². The zero-order valence-electron chi connectivity index (χ0n) is 16.1. The Kier molecular flexibility index (Phi) is 6.20. The molecular formula is C21H21ClN2O5. The minimum absolute atomic E-state index is 0.189. The van der Waals surface area contributed by atoms with Crippen LogP contribution in [0.25, 0.3) is 0 Å². The number of anilines is 1. The van der Waals surface area contributed by atoms with Crippen LogP contribution in [0.3, 0.4) is 0 Å². The molecule has 0 fully saturated rings. The molecule has 0 saturated carbocycles. The third-order valence-electron chi connectivity index (χ3n) is 4.63. The van der Waals surface area contributed by atoms with Gasteiger partial charge < -0.3 is 20.1 Å². The second-order valence-corrected chi connectivity index (χ2v) is 7.26. The number of halogens is 1. The van der Waals surface area contributed by atoms with Crippen molar-refractivity contribution < 1.29 is 23.9 Å². The van der Waals surface area contributed by atoms with Crippen LogP contribution in [-0.2, 0) is 20.7 Å². The number of fused-ring (bicyclic) bond motifs is 1. The summed E-state index contributed by atoms with van der Waals surface area (Å²) in [6, 6.07) is 11.6. The Morgan fingerprint density at radius 1 is 1.24 bits per heavy atom. The number of nitrogens with one attached hydrogen (secondary N) is 2. The van der Waals surface area contributed by atoms with Gasteiger partial charge in [0.05, 0.1) is 22.8 Å². The van der Waals surface area contributed by atoms with Gasteiger partial charge in [0.15, 0.2) is 5.60 Å². The van der Waals surface area contributed by atoms with Crippen molar-refractivity contribution in [3.05, 3.63) is 64.2 Å². The lowest BCUT2D eigenvalue weighted by atomic mass is 9.89. The Morgan fingerprint density at radius 2 is 2.00 bits per heavy atom. The highest BCUT2D eigenvalue weighted by atomic mass is 35.5. The molecule has 1 atom stereocenters. The zero-order valence-corrected chi connectivity index (χ0v) is 16.8. The van der Waals surface area contributed by atoms with Crippen molar-refractivity contribution in [3.8, 4) is 0 Å². The molecule has 1 unspecified atom stereocenters. The van der Waals surface area contributed by atoms with Crippen LogP contribution >= 0.6 is 11.6 Å². The molecule has 0 spiro atoms. The van der Waals surface area contributed by atoms with Crippen molar-refractivity contribution in [1.82, 2.24) is 5.32 Å². The summed E-state index contributed by atoms with van der Waals surface area (Å²) in [6.45, 7) is 2.31. The lowest BCUT2D eigenvalue weighted by molar-refractivity contribution is -0.134. The summed E-state index contributed by atoms with van der Waals surface area (Å²) in [5.74, 6) is -1.35. The number of rotatable bonds is 6. The van der Waals surface area contributed by atoms with Crippen molar-refractivity contribution >= 4 is 35.1 Å². The third kappa shape index (κ3) is 4.58. The predicted octanol–water partition coefficient (Wildman–Crippen LogP) is 2.83. The fourth-order valence-corrected chi connectivity index (χ4v) is 3.33. The number of cyclic esters (lactones) is 1.